The van der Waals surface area contributed by atoms with Crippen LogP contribution < -0.4 is 10.1 Å². The fourth-order valence-corrected chi connectivity index (χ4v) is 4.27. The number of carbonyl (C=O) groups is 2. The first-order chi connectivity index (χ1) is 15.5. The summed E-state index contributed by atoms with van der Waals surface area (Å²) >= 11 is 0. The summed E-state index contributed by atoms with van der Waals surface area (Å²) in [5.41, 5.74) is 5.24. The van der Waals surface area contributed by atoms with Gasteiger partial charge in [0, 0.05) is 11.8 Å². The van der Waals surface area contributed by atoms with Crippen LogP contribution in [0.1, 0.15) is 35.4 Å². The van der Waals surface area contributed by atoms with Crippen LogP contribution in [-0.4, -0.2) is 36.9 Å². The minimum absolute atomic E-state index is 0.0876. The summed E-state index contributed by atoms with van der Waals surface area (Å²) in [5, 5.41) is 12.2. The van der Waals surface area contributed by atoms with E-state index in [0.717, 1.165) is 27.8 Å². The third-order valence-corrected chi connectivity index (χ3v) is 6.02. The Kier molecular flexibility index (Phi) is 6.12. The average Bonchev–Trinajstić information content (AvgIpc) is 3.14. The molecule has 2 N–H and O–H groups in total. The van der Waals surface area contributed by atoms with E-state index in [4.69, 9.17) is 9.47 Å². The summed E-state index contributed by atoms with van der Waals surface area (Å²) in [7, 11) is 1.57. The van der Waals surface area contributed by atoms with E-state index in [1.807, 2.05) is 36.4 Å². The van der Waals surface area contributed by atoms with Crippen molar-refractivity contribution >= 4 is 12.1 Å². The Labute approximate surface area is 186 Å². The molecule has 0 saturated heterocycles. The molecule has 0 unspecified atom stereocenters. The largest absolute Gasteiger partial charge is 0.497 e. The lowest BCUT2D eigenvalue weighted by Gasteiger charge is -2.22. The number of amides is 1. The number of nitrogens with one attached hydrogen (secondary N) is 1. The minimum atomic E-state index is -1.13. The van der Waals surface area contributed by atoms with E-state index in [1.165, 1.54) is 0 Å². The lowest BCUT2D eigenvalue weighted by Crippen LogP contribution is -2.44. The first-order valence-electron chi connectivity index (χ1n) is 10.5. The number of carboxylic acid groups (broad SMARTS) is 1. The van der Waals surface area contributed by atoms with Crippen molar-refractivity contribution < 1.29 is 24.2 Å². The van der Waals surface area contributed by atoms with Gasteiger partial charge in [0.15, 0.2) is 0 Å². The first kappa shape index (κ1) is 21.4. The number of benzene rings is 3. The van der Waals surface area contributed by atoms with Crippen molar-refractivity contribution in [1.29, 1.82) is 0 Å². The van der Waals surface area contributed by atoms with Gasteiger partial charge >= 0.3 is 12.1 Å². The number of ether oxygens (including phenoxy) is 2. The van der Waals surface area contributed by atoms with Crippen molar-refractivity contribution in [1.82, 2.24) is 5.32 Å². The number of fused-ring (bicyclic) bond motifs is 3. The van der Waals surface area contributed by atoms with Crippen LogP contribution in [0.5, 0.6) is 5.75 Å². The van der Waals surface area contributed by atoms with Crippen molar-refractivity contribution in [3.63, 3.8) is 0 Å². The number of hydrogen-bond donors (Lipinski definition) is 2. The number of hydrogen-bond acceptors (Lipinski definition) is 4. The van der Waals surface area contributed by atoms with Gasteiger partial charge in [-0.2, -0.15) is 0 Å². The van der Waals surface area contributed by atoms with E-state index in [-0.39, 0.29) is 12.5 Å². The van der Waals surface area contributed by atoms with E-state index in [1.54, 1.807) is 38.3 Å². The van der Waals surface area contributed by atoms with Gasteiger partial charge < -0.3 is 19.9 Å². The average molecular weight is 431 g/mol. The molecule has 0 aromatic heterocycles. The molecule has 0 heterocycles. The third kappa shape index (κ3) is 4.17. The molecule has 4 rings (SSSR count). The minimum Gasteiger partial charge on any atom is -0.497 e. The molecule has 0 spiro atoms. The van der Waals surface area contributed by atoms with E-state index >= 15 is 0 Å². The van der Waals surface area contributed by atoms with E-state index in [2.05, 4.69) is 17.4 Å². The van der Waals surface area contributed by atoms with Crippen molar-refractivity contribution in [3.8, 4) is 16.9 Å². The highest BCUT2D eigenvalue weighted by Crippen LogP contribution is 2.44. The maximum atomic E-state index is 12.6. The molecule has 3 aromatic rings. The molecule has 0 saturated carbocycles. The van der Waals surface area contributed by atoms with Crippen LogP contribution in [0.3, 0.4) is 0 Å². The summed E-state index contributed by atoms with van der Waals surface area (Å²) in [6, 6.07) is 22.1. The molecule has 3 aromatic carbocycles. The molecule has 1 amide bonds. The maximum absolute atomic E-state index is 12.6. The Morgan fingerprint density at radius 3 is 2.03 bits per heavy atom. The van der Waals surface area contributed by atoms with Crippen LogP contribution in [0, 0.1) is 0 Å². The van der Waals surface area contributed by atoms with Crippen LogP contribution in [0.4, 0.5) is 4.79 Å². The highest BCUT2D eigenvalue weighted by Gasteiger charge is 2.31. The molecule has 2 atom stereocenters. The Balaban J connectivity index is 1.45. The second-order valence-electron chi connectivity index (χ2n) is 7.85. The number of alkyl carbamates (subject to hydrolysis) is 1. The Morgan fingerprint density at radius 1 is 0.938 bits per heavy atom. The molecule has 0 bridgehead atoms. The molecule has 6 nitrogen and oxygen atoms in total. The molecular formula is C26H25NO5. The predicted octanol–water partition coefficient (Wildman–Crippen LogP) is 4.79. The smallest absolute Gasteiger partial charge is 0.407 e. The van der Waals surface area contributed by atoms with Crippen LogP contribution in [0.25, 0.3) is 11.1 Å². The molecule has 6 heteroatoms. The van der Waals surface area contributed by atoms with Crippen LogP contribution >= 0.6 is 0 Å². The molecule has 0 radical (unpaired) electrons. The van der Waals surface area contributed by atoms with Gasteiger partial charge in [0.25, 0.3) is 0 Å². The van der Waals surface area contributed by atoms with Gasteiger partial charge in [0.2, 0.25) is 0 Å². The summed E-state index contributed by atoms with van der Waals surface area (Å²) in [6.07, 6.45) is -0.750. The monoisotopic (exact) mass is 431 g/mol. The SMILES string of the molecule is COc1ccc([C@H](C)[C@@H](NC(=O)OCC2c3ccccc3-c3ccccc32)C(=O)O)cc1. The van der Waals surface area contributed by atoms with Gasteiger partial charge in [-0.05, 0) is 39.9 Å². The van der Waals surface area contributed by atoms with Gasteiger partial charge in [0.05, 0.1) is 7.11 Å². The quantitative estimate of drug-likeness (QED) is 0.562. The van der Waals surface area contributed by atoms with Gasteiger partial charge in [-0.15, -0.1) is 0 Å². The van der Waals surface area contributed by atoms with E-state index in [9.17, 15) is 14.7 Å². The number of aliphatic carboxylic acids is 1. The van der Waals surface area contributed by atoms with Crippen molar-refractivity contribution in [2.75, 3.05) is 13.7 Å². The third-order valence-electron chi connectivity index (χ3n) is 6.02. The maximum Gasteiger partial charge on any atom is 0.407 e. The number of carbonyl (C=O) groups excluding carboxylic acids is 1. The van der Waals surface area contributed by atoms with E-state index in [0.29, 0.717) is 5.75 Å². The van der Waals surface area contributed by atoms with Gasteiger partial charge in [-0.1, -0.05) is 67.6 Å². The van der Waals surface area contributed by atoms with Crippen LogP contribution in [-0.2, 0) is 9.53 Å². The van der Waals surface area contributed by atoms with Crippen molar-refractivity contribution in [2.24, 2.45) is 0 Å². The van der Waals surface area contributed by atoms with Gasteiger partial charge in [-0.25, -0.2) is 9.59 Å². The topological polar surface area (TPSA) is 84.9 Å². The molecule has 0 aliphatic heterocycles. The Bertz CT molecular complexity index is 1080. The molecular weight excluding hydrogens is 406 g/mol. The standard InChI is InChI=1S/C26H25NO5/c1-16(17-11-13-18(31-2)14-12-17)24(25(28)29)27-26(30)32-15-23-21-9-5-3-7-19(21)20-8-4-6-10-22(20)23/h3-14,16,23-24H,15H2,1-2H3,(H,27,30)(H,28,29)/t16-,24+/m0/s1. The van der Waals surface area contributed by atoms with Gasteiger partial charge in [-0.3, -0.25) is 0 Å². The van der Waals surface area contributed by atoms with Crippen LogP contribution in [0.2, 0.25) is 0 Å². The number of rotatable bonds is 7. The summed E-state index contributed by atoms with van der Waals surface area (Å²) in [4.78, 5) is 24.4. The Hall–Kier alpha value is -3.80. The van der Waals surface area contributed by atoms with Crippen molar-refractivity contribution in [3.05, 3.63) is 89.5 Å². The number of carboxylic acids is 1. The van der Waals surface area contributed by atoms with Crippen molar-refractivity contribution in [2.45, 2.75) is 24.8 Å². The number of methoxy groups -OCH3 is 1. The fourth-order valence-electron chi connectivity index (χ4n) is 4.27. The Morgan fingerprint density at radius 2 is 1.50 bits per heavy atom. The van der Waals surface area contributed by atoms with E-state index < -0.39 is 24.0 Å². The lowest BCUT2D eigenvalue weighted by atomic mass is 9.93. The molecule has 32 heavy (non-hydrogen) atoms. The summed E-state index contributed by atoms with van der Waals surface area (Å²) in [6.45, 7) is 1.88. The normalized spacial score (nSPS) is 14.1. The zero-order chi connectivity index (χ0) is 22.7. The molecule has 1 aliphatic rings. The second-order valence-corrected chi connectivity index (χ2v) is 7.85. The summed E-state index contributed by atoms with van der Waals surface area (Å²) < 4.78 is 10.7. The molecule has 164 valence electrons. The lowest BCUT2D eigenvalue weighted by molar-refractivity contribution is -0.139. The van der Waals surface area contributed by atoms with Gasteiger partial charge in [0.1, 0.15) is 18.4 Å². The zero-order valence-electron chi connectivity index (χ0n) is 17.9. The highest BCUT2D eigenvalue weighted by atomic mass is 16.5. The highest BCUT2D eigenvalue weighted by molar-refractivity contribution is 5.82. The second kappa shape index (κ2) is 9.14. The summed E-state index contributed by atoms with van der Waals surface area (Å²) in [5.74, 6) is -0.992. The zero-order valence-corrected chi connectivity index (χ0v) is 17.9. The first-order valence-corrected chi connectivity index (χ1v) is 10.5. The molecule has 1 aliphatic carbocycles. The van der Waals surface area contributed by atoms with Crippen LogP contribution in [0.15, 0.2) is 72.8 Å². The predicted molar refractivity (Wildman–Crippen MR) is 121 cm³/mol. The molecule has 0 fully saturated rings. The fraction of sp³-hybridized carbons (Fsp3) is 0.231.